The van der Waals surface area contributed by atoms with E-state index in [-0.39, 0.29) is 0 Å². The Morgan fingerprint density at radius 1 is 1.22 bits per heavy atom. The van der Waals surface area contributed by atoms with E-state index < -0.39 is 0 Å². The van der Waals surface area contributed by atoms with Gasteiger partial charge in [-0.25, -0.2) is 0 Å². The van der Waals surface area contributed by atoms with Crippen LogP contribution in [0.5, 0.6) is 0 Å². The molecule has 0 bridgehead atoms. The number of hydrogen-bond donors (Lipinski definition) is 1. The summed E-state index contributed by atoms with van der Waals surface area (Å²) in [6, 6.07) is 0.304. The van der Waals surface area contributed by atoms with Crippen molar-refractivity contribution in [1.82, 2.24) is 24.9 Å². The molecule has 0 radical (unpaired) electrons. The van der Waals surface area contributed by atoms with Gasteiger partial charge in [-0.15, -0.1) is 0 Å². The van der Waals surface area contributed by atoms with Gasteiger partial charge in [-0.3, -0.25) is 9.36 Å². The molecule has 2 rings (SSSR count). The maximum absolute atomic E-state index is 4.31. The average Bonchev–Trinajstić information content (AvgIpc) is 2.97. The summed E-state index contributed by atoms with van der Waals surface area (Å²) >= 11 is 0. The number of nitrogens with one attached hydrogen (secondary N) is 1. The van der Waals surface area contributed by atoms with Gasteiger partial charge in [0.1, 0.15) is 0 Å². The molecule has 0 saturated heterocycles. The van der Waals surface area contributed by atoms with Gasteiger partial charge in [0.05, 0.1) is 12.4 Å². The standard InChI is InChI=1S/C13H21N5/c1-4-14-13(12-8-15-17(3)10-12)6-11-7-16-18(5-2)9-11/h7-10,13-14H,4-6H2,1-3H3. The molecule has 0 aliphatic heterocycles. The van der Waals surface area contributed by atoms with Crippen molar-refractivity contribution >= 4 is 0 Å². The van der Waals surface area contributed by atoms with Crippen LogP contribution >= 0.6 is 0 Å². The molecule has 0 spiro atoms. The highest BCUT2D eigenvalue weighted by Crippen LogP contribution is 2.17. The summed E-state index contributed by atoms with van der Waals surface area (Å²) < 4.78 is 3.80. The van der Waals surface area contributed by atoms with Crippen molar-refractivity contribution in [2.45, 2.75) is 32.9 Å². The SMILES string of the molecule is CCNC(Cc1cnn(CC)c1)c1cnn(C)c1. The van der Waals surface area contributed by atoms with E-state index in [9.17, 15) is 0 Å². The number of hydrogen-bond acceptors (Lipinski definition) is 3. The zero-order chi connectivity index (χ0) is 13.0. The lowest BCUT2D eigenvalue weighted by molar-refractivity contribution is 0.548. The Balaban J connectivity index is 2.10. The lowest BCUT2D eigenvalue weighted by atomic mass is 10.0. The first-order chi connectivity index (χ1) is 8.72. The Labute approximate surface area is 108 Å². The van der Waals surface area contributed by atoms with Gasteiger partial charge < -0.3 is 5.32 Å². The summed E-state index contributed by atoms with van der Waals surface area (Å²) in [5.41, 5.74) is 2.48. The van der Waals surface area contributed by atoms with Gasteiger partial charge in [0.15, 0.2) is 0 Å². The fraction of sp³-hybridized carbons (Fsp3) is 0.538. The summed E-state index contributed by atoms with van der Waals surface area (Å²) in [5.74, 6) is 0. The highest BCUT2D eigenvalue weighted by molar-refractivity contribution is 5.16. The van der Waals surface area contributed by atoms with Crippen molar-refractivity contribution in [3.63, 3.8) is 0 Å². The first kappa shape index (κ1) is 12.8. The molecule has 0 aliphatic rings. The molecule has 2 aromatic heterocycles. The molecule has 0 amide bonds. The highest BCUT2D eigenvalue weighted by atomic mass is 15.3. The van der Waals surface area contributed by atoms with E-state index >= 15 is 0 Å². The van der Waals surface area contributed by atoms with Crippen LogP contribution in [0.1, 0.15) is 31.0 Å². The largest absolute Gasteiger partial charge is 0.310 e. The molecule has 1 atom stereocenters. The van der Waals surface area contributed by atoms with E-state index in [1.165, 1.54) is 11.1 Å². The predicted octanol–water partition coefficient (Wildman–Crippen LogP) is 1.53. The van der Waals surface area contributed by atoms with Crippen LogP contribution < -0.4 is 5.32 Å². The summed E-state index contributed by atoms with van der Waals surface area (Å²) in [4.78, 5) is 0. The van der Waals surface area contributed by atoms with Gasteiger partial charge in [0.2, 0.25) is 0 Å². The lowest BCUT2D eigenvalue weighted by Gasteiger charge is -2.15. The van der Waals surface area contributed by atoms with Crippen LogP contribution in [0.3, 0.4) is 0 Å². The minimum absolute atomic E-state index is 0.304. The highest BCUT2D eigenvalue weighted by Gasteiger charge is 2.13. The summed E-state index contributed by atoms with van der Waals surface area (Å²) in [6.45, 7) is 6.08. The van der Waals surface area contributed by atoms with Gasteiger partial charge in [-0.05, 0) is 25.5 Å². The Bertz CT molecular complexity index is 485. The second-order valence-electron chi connectivity index (χ2n) is 4.47. The molecular formula is C13H21N5. The quantitative estimate of drug-likeness (QED) is 0.842. The molecule has 5 nitrogen and oxygen atoms in total. The molecule has 2 heterocycles. The van der Waals surface area contributed by atoms with Crippen LogP contribution in [-0.2, 0) is 20.0 Å². The van der Waals surface area contributed by atoms with Crippen LogP contribution in [-0.4, -0.2) is 26.1 Å². The van der Waals surface area contributed by atoms with Crippen LogP contribution in [0.15, 0.2) is 24.8 Å². The fourth-order valence-electron chi connectivity index (χ4n) is 2.09. The second-order valence-corrected chi connectivity index (χ2v) is 4.47. The third-order valence-electron chi connectivity index (χ3n) is 3.03. The molecule has 1 N–H and O–H groups in total. The van der Waals surface area contributed by atoms with Crippen molar-refractivity contribution < 1.29 is 0 Å². The molecule has 1 unspecified atom stereocenters. The van der Waals surface area contributed by atoms with Gasteiger partial charge in [-0.2, -0.15) is 10.2 Å². The van der Waals surface area contributed by atoms with Gasteiger partial charge in [0, 0.05) is 37.6 Å². The van der Waals surface area contributed by atoms with Crippen LogP contribution in [0.4, 0.5) is 0 Å². The molecule has 98 valence electrons. The van der Waals surface area contributed by atoms with Crippen molar-refractivity contribution in [3.8, 4) is 0 Å². The smallest absolute Gasteiger partial charge is 0.0537 e. The van der Waals surface area contributed by atoms with E-state index in [4.69, 9.17) is 0 Å². The van der Waals surface area contributed by atoms with E-state index in [1.54, 1.807) is 0 Å². The number of aryl methyl sites for hydroxylation is 2. The van der Waals surface area contributed by atoms with Gasteiger partial charge >= 0.3 is 0 Å². The average molecular weight is 247 g/mol. The third-order valence-corrected chi connectivity index (χ3v) is 3.03. The number of nitrogens with zero attached hydrogens (tertiary/aromatic N) is 4. The van der Waals surface area contributed by atoms with Gasteiger partial charge in [-0.1, -0.05) is 6.92 Å². The molecule has 0 fully saturated rings. The maximum atomic E-state index is 4.31. The minimum Gasteiger partial charge on any atom is -0.310 e. The Morgan fingerprint density at radius 3 is 2.61 bits per heavy atom. The maximum Gasteiger partial charge on any atom is 0.0537 e. The predicted molar refractivity (Wildman–Crippen MR) is 71.2 cm³/mol. The van der Waals surface area contributed by atoms with E-state index in [0.29, 0.717) is 6.04 Å². The van der Waals surface area contributed by atoms with Crippen LogP contribution in [0, 0.1) is 0 Å². The first-order valence-corrected chi connectivity index (χ1v) is 6.46. The van der Waals surface area contributed by atoms with Crippen molar-refractivity contribution in [2.75, 3.05) is 6.54 Å². The Kier molecular flexibility index (Phi) is 4.15. The molecule has 0 aliphatic carbocycles. The Morgan fingerprint density at radius 2 is 2.06 bits per heavy atom. The van der Waals surface area contributed by atoms with Crippen molar-refractivity contribution in [1.29, 1.82) is 0 Å². The molecular weight excluding hydrogens is 226 g/mol. The zero-order valence-corrected chi connectivity index (χ0v) is 11.3. The summed E-state index contributed by atoms with van der Waals surface area (Å²) in [6.07, 6.45) is 9.00. The first-order valence-electron chi connectivity index (χ1n) is 6.46. The van der Waals surface area contributed by atoms with E-state index in [2.05, 4.69) is 41.8 Å². The van der Waals surface area contributed by atoms with Crippen LogP contribution in [0.2, 0.25) is 0 Å². The molecule has 0 saturated carbocycles. The molecule has 0 aromatic carbocycles. The number of aromatic nitrogens is 4. The van der Waals surface area contributed by atoms with Crippen LogP contribution in [0.25, 0.3) is 0 Å². The van der Waals surface area contributed by atoms with Gasteiger partial charge in [0.25, 0.3) is 0 Å². The number of likely N-dealkylation sites (N-methyl/N-ethyl adjacent to an activating group) is 1. The van der Waals surface area contributed by atoms with Crippen molar-refractivity contribution in [2.24, 2.45) is 7.05 Å². The topological polar surface area (TPSA) is 47.7 Å². The van der Waals surface area contributed by atoms with E-state index in [0.717, 1.165) is 19.5 Å². The zero-order valence-electron chi connectivity index (χ0n) is 11.3. The minimum atomic E-state index is 0.304. The number of rotatable bonds is 6. The fourth-order valence-corrected chi connectivity index (χ4v) is 2.09. The van der Waals surface area contributed by atoms with E-state index in [1.807, 2.05) is 28.8 Å². The summed E-state index contributed by atoms with van der Waals surface area (Å²) in [7, 11) is 1.95. The lowest BCUT2D eigenvalue weighted by Crippen LogP contribution is -2.22. The Hall–Kier alpha value is -1.62. The van der Waals surface area contributed by atoms with Crippen molar-refractivity contribution in [3.05, 3.63) is 35.9 Å². The second kappa shape index (κ2) is 5.82. The third kappa shape index (κ3) is 2.98. The normalized spacial score (nSPS) is 12.8. The molecule has 5 heteroatoms. The molecule has 18 heavy (non-hydrogen) atoms. The molecule has 2 aromatic rings. The summed E-state index contributed by atoms with van der Waals surface area (Å²) in [5, 5.41) is 12.1. The monoisotopic (exact) mass is 247 g/mol.